The number of fused-ring (bicyclic) bond motifs is 1. The van der Waals surface area contributed by atoms with Gasteiger partial charge in [0.15, 0.2) is 11.2 Å². The van der Waals surface area contributed by atoms with E-state index in [2.05, 4.69) is 21.6 Å². The maximum atomic E-state index is 13.6. The number of anilines is 1. The molecule has 2 aliphatic heterocycles. The number of hydrogen-bond acceptors (Lipinski definition) is 8. The van der Waals surface area contributed by atoms with Crippen molar-refractivity contribution < 1.29 is 9.53 Å². The van der Waals surface area contributed by atoms with Crippen LogP contribution in [0.2, 0.25) is 0 Å². The molecule has 0 saturated carbocycles. The van der Waals surface area contributed by atoms with Gasteiger partial charge in [-0.3, -0.25) is 23.3 Å². The molecule has 0 unspecified atom stereocenters. The lowest BCUT2D eigenvalue weighted by atomic mass is 9.97. The van der Waals surface area contributed by atoms with Crippen LogP contribution in [0.4, 0.5) is 5.95 Å². The highest BCUT2D eigenvalue weighted by atomic mass is 16.5. The molecular formula is C26H39N7O4. The normalized spacial score (nSPS) is 19.1. The quantitative estimate of drug-likeness (QED) is 0.401. The van der Waals surface area contributed by atoms with Gasteiger partial charge in [0, 0.05) is 32.7 Å². The fraction of sp³-hybridized carbons (Fsp3) is 0.692. The zero-order chi connectivity index (χ0) is 26.5. The Morgan fingerprint density at radius 3 is 2.57 bits per heavy atom. The number of nitrogens with two attached hydrogens (primary N) is 1. The maximum absolute atomic E-state index is 13.6. The number of carbonyl (C=O) groups is 1. The molecule has 2 fully saturated rings. The minimum absolute atomic E-state index is 0.0383. The summed E-state index contributed by atoms with van der Waals surface area (Å²) in [5.41, 5.74) is 6.28. The van der Waals surface area contributed by atoms with E-state index in [4.69, 9.17) is 15.5 Å². The van der Waals surface area contributed by atoms with E-state index in [0.29, 0.717) is 49.8 Å². The number of rotatable bonds is 8. The van der Waals surface area contributed by atoms with E-state index in [1.165, 1.54) is 9.13 Å². The Hall–Kier alpha value is -3.10. The van der Waals surface area contributed by atoms with Gasteiger partial charge in [0.1, 0.15) is 0 Å². The summed E-state index contributed by atoms with van der Waals surface area (Å²) in [5, 5.41) is 0. The SMILES string of the molecule is CC#CCn1c(N2CCC[C@H](N)C2)nc2c1c(=O)n(CCCN1CCC(C(=O)OCC)CC1)c(=O)n2C. The van der Waals surface area contributed by atoms with Crippen LogP contribution in [0.3, 0.4) is 0 Å². The van der Waals surface area contributed by atoms with Crippen molar-refractivity contribution in [2.24, 2.45) is 18.7 Å². The van der Waals surface area contributed by atoms with Crippen molar-refractivity contribution in [2.45, 2.75) is 65.1 Å². The van der Waals surface area contributed by atoms with Crippen molar-refractivity contribution in [2.75, 3.05) is 44.2 Å². The number of piperidine rings is 2. The third-order valence-corrected chi connectivity index (χ3v) is 7.43. The highest BCUT2D eigenvalue weighted by molar-refractivity contribution is 5.75. The van der Waals surface area contributed by atoms with Crippen LogP contribution in [0.15, 0.2) is 9.59 Å². The average molecular weight is 514 g/mol. The first-order valence-corrected chi connectivity index (χ1v) is 13.3. The number of aryl methyl sites for hydroxylation is 1. The molecule has 0 aromatic carbocycles. The lowest BCUT2D eigenvalue weighted by molar-refractivity contribution is -0.149. The number of nitrogens with zero attached hydrogens (tertiary/aromatic N) is 6. The predicted octanol–water partition coefficient (Wildman–Crippen LogP) is 0.513. The third-order valence-electron chi connectivity index (χ3n) is 7.43. The summed E-state index contributed by atoms with van der Waals surface area (Å²) in [4.78, 5) is 47.9. The van der Waals surface area contributed by atoms with E-state index < -0.39 is 0 Å². The minimum atomic E-state index is -0.369. The molecule has 202 valence electrons. The highest BCUT2D eigenvalue weighted by Crippen LogP contribution is 2.23. The van der Waals surface area contributed by atoms with Crippen molar-refractivity contribution in [1.82, 2.24) is 23.6 Å². The molecule has 0 aliphatic carbocycles. The van der Waals surface area contributed by atoms with Crippen LogP contribution < -0.4 is 21.9 Å². The minimum Gasteiger partial charge on any atom is -0.466 e. The second-order valence-electron chi connectivity index (χ2n) is 9.97. The largest absolute Gasteiger partial charge is 0.466 e. The Bertz CT molecular complexity index is 1290. The van der Waals surface area contributed by atoms with Gasteiger partial charge in [-0.25, -0.2) is 4.79 Å². The van der Waals surface area contributed by atoms with Gasteiger partial charge in [-0.05, 0) is 65.6 Å². The van der Waals surface area contributed by atoms with E-state index >= 15 is 0 Å². The first-order valence-electron chi connectivity index (χ1n) is 13.3. The first-order chi connectivity index (χ1) is 17.8. The summed E-state index contributed by atoms with van der Waals surface area (Å²) in [6.07, 6.45) is 4.10. The van der Waals surface area contributed by atoms with E-state index in [1.54, 1.807) is 14.0 Å². The molecule has 2 aromatic heterocycles. The first kappa shape index (κ1) is 26.9. The second-order valence-corrected chi connectivity index (χ2v) is 9.97. The molecule has 0 spiro atoms. The summed E-state index contributed by atoms with van der Waals surface area (Å²) in [7, 11) is 1.66. The number of hydrogen-bond donors (Lipinski definition) is 1. The monoisotopic (exact) mass is 513 g/mol. The van der Waals surface area contributed by atoms with Gasteiger partial charge in [-0.2, -0.15) is 4.98 Å². The molecule has 4 rings (SSSR count). The van der Waals surface area contributed by atoms with Crippen LogP contribution in [0.1, 0.15) is 46.0 Å². The van der Waals surface area contributed by atoms with E-state index in [1.807, 2.05) is 11.5 Å². The van der Waals surface area contributed by atoms with Gasteiger partial charge in [-0.15, -0.1) is 5.92 Å². The molecule has 4 heterocycles. The molecular weight excluding hydrogens is 474 g/mol. The summed E-state index contributed by atoms with van der Waals surface area (Å²) in [6.45, 7) is 8.43. The number of likely N-dealkylation sites (tertiary alicyclic amines) is 1. The van der Waals surface area contributed by atoms with Crippen LogP contribution in [0, 0.1) is 17.8 Å². The second kappa shape index (κ2) is 12.0. The van der Waals surface area contributed by atoms with Crippen molar-refractivity contribution >= 4 is 23.1 Å². The van der Waals surface area contributed by atoms with Gasteiger partial charge in [-0.1, -0.05) is 5.92 Å². The van der Waals surface area contributed by atoms with Crippen molar-refractivity contribution in [3.05, 3.63) is 20.8 Å². The lowest BCUT2D eigenvalue weighted by Gasteiger charge is -2.31. The van der Waals surface area contributed by atoms with Crippen molar-refractivity contribution in [3.8, 4) is 11.8 Å². The summed E-state index contributed by atoms with van der Waals surface area (Å²) in [6, 6.07) is 0.0436. The molecule has 2 aliphatic rings. The van der Waals surface area contributed by atoms with Crippen LogP contribution in [-0.2, 0) is 29.7 Å². The molecule has 0 bridgehead atoms. The van der Waals surface area contributed by atoms with Crippen LogP contribution in [-0.4, -0.2) is 74.9 Å². The van der Waals surface area contributed by atoms with Crippen LogP contribution in [0.25, 0.3) is 11.2 Å². The van der Waals surface area contributed by atoms with Gasteiger partial charge in [0.2, 0.25) is 5.95 Å². The fourth-order valence-electron chi connectivity index (χ4n) is 5.40. The smallest absolute Gasteiger partial charge is 0.332 e. The summed E-state index contributed by atoms with van der Waals surface area (Å²) < 4.78 is 9.77. The lowest BCUT2D eigenvalue weighted by Crippen LogP contribution is -2.44. The van der Waals surface area contributed by atoms with Gasteiger partial charge >= 0.3 is 11.7 Å². The van der Waals surface area contributed by atoms with Crippen molar-refractivity contribution in [1.29, 1.82) is 0 Å². The highest BCUT2D eigenvalue weighted by Gasteiger charge is 2.27. The van der Waals surface area contributed by atoms with Gasteiger partial charge in [0.25, 0.3) is 5.56 Å². The van der Waals surface area contributed by atoms with Gasteiger partial charge < -0.3 is 20.3 Å². The van der Waals surface area contributed by atoms with E-state index in [9.17, 15) is 14.4 Å². The average Bonchev–Trinajstić information content (AvgIpc) is 3.28. The maximum Gasteiger partial charge on any atom is 0.332 e. The van der Waals surface area contributed by atoms with E-state index in [-0.39, 0.29) is 29.2 Å². The number of esters is 1. The topological polar surface area (TPSA) is 121 Å². The molecule has 37 heavy (non-hydrogen) atoms. The predicted molar refractivity (Wildman–Crippen MR) is 143 cm³/mol. The number of aromatic nitrogens is 4. The molecule has 2 N–H and O–H groups in total. The molecule has 2 aromatic rings. The molecule has 11 heteroatoms. The molecule has 2 saturated heterocycles. The fourth-order valence-corrected chi connectivity index (χ4v) is 5.40. The number of carbonyl (C=O) groups excluding carboxylic acids is 1. The molecule has 11 nitrogen and oxygen atoms in total. The Morgan fingerprint density at radius 2 is 1.89 bits per heavy atom. The molecule has 1 atom stereocenters. The van der Waals surface area contributed by atoms with Crippen LogP contribution >= 0.6 is 0 Å². The zero-order valence-corrected chi connectivity index (χ0v) is 22.2. The van der Waals surface area contributed by atoms with Crippen molar-refractivity contribution in [3.63, 3.8) is 0 Å². The van der Waals surface area contributed by atoms with E-state index in [0.717, 1.165) is 51.9 Å². The van der Waals surface area contributed by atoms with Crippen LogP contribution in [0.5, 0.6) is 0 Å². The Labute approximate surface area is 217 Å². The third kappa shape index (κ3) is 5.75. The molecule has 0 amide bonds. The number of imidazole rings is 1. The Balaban J connectivity index is 1.54. The summed E-state index contributed by atoms with van der Waals surface area (Å²) in [5.74, 6) is 6.46. The number of ether oxygens (including phenoxy) is 1. The zero-order valence-electron chi connectivity index (χ0n) is 22.2. The van der Waals surface area contributed by atoms with Gasteiger partial charge in [0.05, 0.1) is 19.1 Å². The Morgan fingerprint density at radius 1 is 1.14 bits per heavy atom. The molecule has 0 radical (unpaired) electrons. The summed E-state index contributed by atoms with van der Waals surface area (Å²) >= 11 is 0. The Kier molecular flexibility index (Phi) is 8.71. The standard InChI is InChI=1S/C26H39N7O4/c1-4-6-14-32-21-22(28-25(32)31-13-7-9-20(27)18-31)29(3)26(36)33(23(21)34)15-8-12-30-16-10-19(11-17-30)24(35)37-5-2/h19-20H,5,7-18,27H2,1-3H3/t20-/m0/s1.